The van der Waals surface area contributed by atoms with Crippen LogP contribution in [0.3, 0.4) is 0 Å². The maximum atomic E-state index is 5.69. The fourth-order valence-corrected chi connectivity index (χ4v) is 1.51. The standard InChI is InChI=1S/C11H15N3/c1-11(2,3)7-4-5-8-9(6-7)13-14-10(8)12/h4-6H,1-3H3,(H3,12,13,14). The van der Waals surface area contributed by atoms with E-state index in [-0.39, 0.29) is 5.41 Å². The van der Waals surface area contributed by atoms with Crippen molar-refractivity contribution < 1.29 is 0 Å². The summed E-state index contributed by atoms with van der Waals surface area (Å²) in [5.41, 5.74) is 8.15. The molecule has 0 saturated heterocycles. The fourth-order valence-electron chi connectivity index (χ4n) is 1.51. The minimum atomic E-state index is 0.161. The maximum absolute atomic E-state index is 5.69. The Morgan fingerprint density at radius 3 is 2.64 bits per heavy atom. The zero-order chi connectivity index (χ0) is 10.3. The average molecular weight is 189 g/mol. The van der Waals surface area contributed by atoms with Gasteiger partial charge in [0.05, 0.1) is 5.52 Å². The second kappa shape index (κ2) is 2.74. The molecule has 3 N–H and O–H groups in total. The number of rotatable bonds is 0. The number of aromatic amines is 1. The van der Waals surface area contributed by atoms with E-state index in [0.717, 1.165) is 10.9 Å². The Balaban J connectivity index is 2.63. The third-order valence-electron chi connectivity index (χ3n) is 2.46. The Morgan fingerprint density at radius 2 is 2.00 bits per heavy atom. The Hall–Kier alpha value is -1.51. The molecule has 0 saturated carbocycles. The predicted octanol–water partition coefficient (Wildman–Crippen LogP) is 2.44. The minimum absolute atomic E-state index is 0.161. The topological polar surface area (TPSA) is 54.7 Å². The first-order valence-corrected chi connectivity index (χ1v) is 4.72. The highest BCUT2D eigenvalue weighted by Crippen LogP contribution is 2.26. The summed E-state index contributed by atoms with van der Waals surface area (Å²) in [6.07, 6.45) is 0. The van der Waals surface area contributed by atoms with Crippen LogP contribution in [0.5, 0.6) is 0 Å². The molecule has 0 unspecified atom stereocenters. The van der Waals surface area contributed by atoms with Crippen molar-refractivity contribution in [2.45, 2.75) is 26.2 Å². The number of nitrogens with zero attached hydrogens (tertiary/aromatic N) is 1. The molecule has 2 rings (SSSR count). The first kappa shape index (κ1) is 9.06. The van der Waals surface area contributed by atoms with E-state index >= 15 is 0 Å². The molecule has 3 nitrogen and oxygen atoms in total. The summed E-state index contributed by atoms with van der Waals surface area (Å²) in [5, 5.41) is 7.90. The van der Waals surface area contributed by atoms with E-state index in [0.29, 0.717) is 5.82 Å². The second-order valence-corrected chi connectivity index (χ2v) is 4.62. The molecule has 1 heterocycles. The molecular weight excluding hydrogens is 174 g/mol. The Morgan fingerprint density at radius 1 is 1.29 bits per heavy atom. The van der Waals surface area contributed by atoms with Crippen molar-refractivity contribution in [1.82, 2.24) is 10.2 Å². The monoisotopic (exact) mass is 189 g/mol. The van der Waals surface area contributed by atoms with Crippen LogP contribution < -0.4 is 5.73 Å². The number of anilines is 1. The van der Waals surface area contributed by atoms with Gasteiger partial charge < -0.3 is 5.73 Å². The SMILES string of the molecule is CC(C)(C)c1ccc2c(N)n[nH]c2c1. The number of hydrogen-bond acceptors (Lipinski definition) is 2. The van der Waals surface area contributed by atoms with E-state index in [9.17, 15) is 0 Å². The van der Waals surface area contributed by atoms with Crippen LogP contribution in [0.4, 0.5) is 5.82 Å². The normalized spacial score (nSPS) is 12.2. The fraction of sp³-hybridized carbons (Fsp3) is 0.364. The maximum Gasteiger partial charge on any atom is 0.153 e. The summed E-state index contributed by atoms with van der Waals surface area (Å²) in [7, 11) is 0. The molecule has 0 radical (unpaired) electrons. The van der Waals surface area contributed by atoms with E-state index < -0.39 is 0 Å². The van der Waals surface area contributed by atoms with Crippen molar-refractivity contribution in [3.8, 4) is 0 Å². The lowest BCUT2D eigenvalue weighted by atomic mass is 9.87. The largest absolute Gasteiger partial charge is 0.382 e. The lowest BCUT2D eigenvalue weighted by molar-refractivity contribution is 0.591. The van der Waals surface area contributed by atoms with Crippen LogP contribution in [-0.2, 0) is 5.41 Å². The van der Waals surface area contributed by atoms with Gasteiger partial charge >= 0.3 is 0 Å². The summed E-state index contributed by atoms with van der Waals surface area (Å²) in [6, 6.07) is 6.24. The number of fused-ring (bicyclic) bond motifs is 1. The minimum Gasteiger partial charge on any atom is -0.382 e. The Kier molecular flexibility index (Phi) is 1.77. The highest BCUT2D eigenvalue weighted by atomic mass is 15.1. The van der Waals surface area contributed by atoms with Gasteiger partial charge in [0.1, 0.15) is 0 Å². The average Bonchev–Trinajstić information content (AvgIpc) is 2.46. The predicted molar refractivity (Wildman–Crippen MR) is 59.2 cm³/mol. The lowest BCUT2D eigenvalue weighted by Crippen LogP contribution is -2.10. The van der Waals surface area contributed by atoms with Crippen molar-refractivity contribution in [1.29, 1.82) is 0 Å². The van der Waals surface area contributed by atoms with Gasteiger partial charge in [-0.2, -0.15) is 5.10 Å². The molecule has 14 heavy (non-hydrogen) atoms. The Labute approximate surface area is 83.3 Å². The van der Waals surface area contributed by atoms with E-state index in [2.05, 4.69) is 43.1 Å². The van der Waals surface area contributed by atoms with Gasteiger partial charge in [-0.05, 0) is 23.1 Å². The molecule has 0 bridgehead atoms. The molecule has 1 aromatic heterocycles. The summed E-state index contributed by atoms with van der Waals surface area (Å²) in [4.78, 5) is 0. The quantitative estimate of drug-likeness (QED) is 0.668. The molecule has 0 atom stereocenters. The highest BCUT2D eigenvalue weighted by molar-refractivity contribution is 5.89. The summed E-state index contributed by atoms with van der Waals surface area (Å²) in [5.74, 6) is 0.570. The number of nitrogen functional groups attached to an aromatic ring is 1. The molecule has 0 fully saturated rings. The van der Waals surface area contributed by atoms with Gasteiger partial charge in [0, 0.05) is 5.39 Å². The van der Waals surface area contributed by atoms with Gasteiger partial charge in [-0.3, -0.25) is 5.10 Å². The lowest BCUT2D eigenvalue weighted by Gasteiger charge is -2.18. The number of nitrogens with one attached hydrogen (secondary N) is 1. The summed E-state index contributed by atoms with van der Waals surface area (Å²) < 4.78 is 0. The molecule has 3 heteroatoms. The number of nitrogens with two attached hydrogens (primary N) is 1. The van der Waals surface area contributed by atoms with Gasteiger partial charge in [0.15, 0.2) is 5.82 Å². The van der Waals surface area contributed by atoms with Crippen LogP contribution in [-0.4, -0.2) is 10.2 Å². The summed E-state index contributed by atoms with van der Waals surface area (Å²) in [6.45, 7) is 6.57. The Bertz CT molecular complexity index is 463. The third-order valence-corrected chi connectivity index (χ3v) is 2.46. The second-order valence-electron chi connectivity index (χ2n) is 4.62. The van der Waals surface area contributed by atoms with Crippen LogP contribution >= 0.6 is 0 Å². The molecule has 0 aliphatic carbocycles. The first-order chi connectivity index (χ1) is 6.48. The van der Waals surface area contributed by atoms with Crippen molar-refractivity contribution >= 4 is 16.7 Å². The van der Waals surface area contributed by atoms with Gasteiger partial charge in [0.2, 0.25) is 0 Å². The van der Waals surface area contributed by atoms with E-state index in [1.165, 1.54) is 5.56 Å². The number of aromatic nitrogens is 2. The van der Waals surface area contributed by atoms with E-state index in [1.54, 1.807) is 0 Å². The van der Waals surface area contributed by atoms with Crippen LogP contribution in [0.2, 0.25) is 0 Å². The molecule has 0 amide bonds. The van der Waals surface area contributed by atoms with Crippen LogP contribution in [0.15, 0.2) is 18.2 Å². The third kappa shape index (κ3) is 1.35. The van der Waals surface area contributed by atoms with Crippen molar-refractivity contribution in [3.05, 3.63) is 23.8 Å². The van der Waals surface area contributed by atoms with E-state index in [4.69, 9.17) is 5.73 Å². The van der Waals surface area contributed by atoms with Crippen LogP contribution in [0.1, 0.15) is 26.3 Å². The number of hydrogen-bond donors (Lipinski definition) is 2. The molecule has 1 aromatic carbocycles. The molecule has 2 aromatic rings. The molecule has 0 spiro atoms. The smallest absolute Gasteiger partial charge is 0.153 e. The van der Waals surface area contributed by atoms with Gasteiger partial charge in [-0.1, -0.05) is 26.8 Å². The first-order valence-electron chi connectivity index (χ1n) is 4.72. The van der Waals surface area contributed by atoms with Crippen molar-refractivity contribution in [3.63, 3.8) is 0 Å². The molecule has 0 aliphatic heterocycles. The summed E-state index contributed by atoms with van der Waals surface area (Å²) >= 11 is 0. The van der Waals surface area contributed by atoms with Gasteiger partial charge in [0.25, 0.3) is 0 Å². The zero-order valence-corrected chi connectivity index (χ0v) is 8.76. The molecular formula is C11H15N3. The highest BCUT2D eigenvalue weighted by Gasteiger charge is 2.14. The van der Waals surface area contributed by atoms with Crippen LogP contribution in [0.25, 0.3) is 10.9 Å². The van der Waals surface area contributed by atoms with Gasteiger partial charge in [-0.15, -0.1) is 0 Å². The molecule has 0 aliphatic rings. The molecule has 74 valence electrons. The van der Waals surface area contributed by atoms with Crippen LogP contribution in [0, 0.1) is 0 Å². The van der Waals surface area contributed by atoms with Gasteiger partial charge in [-0.25, -0.2) is 0 Å². The number of benzene rings is 1. The van der Waals surface area contributed by atoms with E-state index in [1.807, 2.05) is 6.07 Å². The van der Waals surface area contributed by atoms with Crippen molar-refractivity contribution in [2.75, 3.05) is 5.73 Å². The number of H-pyrrole nitrogens is 1. The van der Waals surface area contributed by atoms with Crippen molar-refractivity contribution in [2.24, 2.45) is 0 Å². The zero-order valence-electron chi connectivity index (χ0n) is 8.76.